The summed E-state index contributed by atoms with van der Waals surface area (Å²) >= 11 is 0. The van der Waals surface area contributed by atoms with Crippen molar-refractivity contribution in [3.8, 4) is 11.5 Å². The van der Waals surface area contributed by atoms with Crippen molar-refractivity contribution in [2.45, 2.75) is 32.2 Å². The van der Waals surface area contributed by atoms with Gasteiger partial charge in [0.15, 0.2) is 11.5 Å². The molecule has 3 aromatic rings. The number of anilines is 1. The molecule has 2 atom stereocenters. The lowest BCUT2D eigenvalue weighted by molar-refractivity contribution is -0.192. The van der Waals surface area contributed by atoms with E-state index in [1.54, 1.807) is 42.5 Å². The van der Waals surface area contributed by atoms with E-state index >= 15 is 0 Å². The van der Waals surface area contributed by atoms with E-state index in [0.717, 1.165) is 0 Å². The number of likely N-dealkylation sites (N-methyl/N-ethyl adjacent to an activating group) is 1. The molecule has 2 unspecified atom stereocenters. The number of nitrogens with one attached hydrogen (secondary N) is 4. The van der Waals surface area contributed by atoms with E-state index in [2.05, 4.69) is 16.2 Å². The van der Waals surface area contributed by atoms with Gasteiger partial charge < -0.3 is 35.6 Å². The molecule has 0 bridgehead atoms. The molecular weight excluding hydrogens is 653 g/mol. The van der Waals surface area contributed by atoms with Crippen LogP contribution >= 0.6 is 0 Å². The second-order valence-corrected chi connectivity index (χ2v) is 10.5. The molecule has 0 fully saturated rings. The zero-order valence-corrected chi connectivity index (χ0v) is 26.9. The first kappa shape index (κ1) is 39.3. The molecule has 3 aromatic carbocycles. The van der Waals surface area contributed by atoms with Crippen LogP contribution in [0.5, 0.6) is 11.5 Å². The summed E-state index contributed by atoms with van der Waals surface area (Å²) in [5.41, 5.74) is 11.5. The van der Waals surface area contributed by atoms with Crippen LogP contribution in [0.2, 0.25) is 0 Å². The molecule has 17 heteroatoms. The summed E-state index contributed by atoms with van der Waals surface area (Å²) in [6.45, 7) is 4.82. The number of amides is 2. The fourth-order valence-electron chi connectivity index (χ4n) is 4.18. The predicted octanol–water partition coefficient (Wildman–Crippen LogP) is 3.64. The molecule has 0 aliphatic heterocycles. The zero-order valence-electron chi connectivity index (χ0n) is 26.9. The van der Waals surface area contributed by atoms with E-state index < -0.39 is 36.0 Å². The van der Waals surface area contributed by atoms with Crippen molar-refractivity contribution in [3.05, 3.63) is 89.0 Å². The molecule has 264 valence electrons. The van der Waals surface area contributed by atoms with Crippen LogP contribution in [-0.2, 0) is 9.59 Å². The van der Waals surface area contributed by atoms with Gasteiger partial charge in [0.1, 0.15) is 18.0 Å². The highest BCUT2D eigenvalue weighted by atomic mass is 19.4. The lowest BCUT2D eigenvalue weighted by Crippen LogP contribution is -2.45. The van der Waals surface area contributed by atoms with Gasteiger partial charge in [0.05, 0.1) is 17.7 Å². The van der Waals surface area contributed by atoms with Crippen molar-refractivity contribution in [2.75, 3.05) is 32.6 Å². The summed E-state index contributed by atoms with van der Waals surface area (Å²) in [6.07, 6.45) is -5.22. The van der Waals surface area contributed by atoms with Gasteiger partial charge in [-0.3, -0.25) is 25.8 Å². The molecule has 0 radical (unpaired) electrons. The van der Waals surface area contributed by atoms with Crippen molar-refractivity contribution in [2.24, 2.45) is 5.73 Å². The Kier molecular flexibility index (Phi) is 14.4. The van der Waals surface area contributed by atoms with Crippen molar-refractivity contribution in [1.29, 1.82) is 5.41 Å². The molecular formula is C32H37F3N6O8. The Morgan fingerprint density at radius 1 is 0.939 bits per heavy atom. The summed E-state index contributed by atoms with van der Waals surface area (Å²) < 4.78 is 43.7. The van der Waals surface area contributed by atoms with Crippen LogP contribution in [0.25, 0.3) is 0 Å². The number of benzene rings is 3. The minimum atomic E-state index is -5.08. The number of halogens is 3. The number of amidine groups is 1. The number of alkyl halides is 3. The molecule has 8 N–H and O–H groups in total. The van der Waals surface area contributed by atoms with Gasteiger partial charge in [-0.25, -0.2) is 9.59 Å². The maximum Gasteiger partial charge on any atom is 0.490 e. The molecule has 0 saturated heterocycles. The third-order valence-electron chi connectivity index (χ3n) is 6.26. The molecule has 0 heterocycles. The topological polar surface area (TPSA) is 216 Å². The minimum absolute atomic E-state index is 0.0966. The smallest absolute Gasteiger partial charge is 0.490 e. The van der Waals surface area contributed by atoms with E-state index in [4.69, 9.17) is 30.5 Å². The minimum Gasteiger partial charge on any atom is -0.490 e. The normalized spacial score (nSPS) is 12.0. The molecule has 0 aliphatic carbocycles. The van der Waals surface area contributed by atoms with Crippen LogP contribution in [-0.4, -0.2) is 84.2 Å². The van der Waals surface area contributed by atoms with E-state index in [1.807, 2.05) is 32.8 Å². The Morgan fingerprint density at radius 3 is 2.04 bits per heavy atom. The van der Waals surface area contributed by atoms with Crippen molar-refractivity contribution < 1.29 is 52.0 Å². The molecule has 14 nitrogen and oxygen atoms in total. The summed E-state index contributed by atoms with van der Waals surface area (Å²) in [4.78, 5) is 48.7. The van der Waals surface area contributed by atoms with Crippen LogP contribution in [0, 0.1) is 5.41 Å². The van der Waals surface area contributed by atoms with Gasteiger partial charge in [-0.15, -0.1) is 0 Å². The maximum atomic E-state index is 13.5. The highest BCUT2D eigenvalue weighted by Gasteiger charge is 2.38. The van der Waals surface area contributed by atoms with Gasteiger partial charge in [0, 0.05) is 17.8 Å². The van der Waals surface area contributed by atoms with E-state index in [0.29, 0.717) is 41.5 Å². The summed E-state index contributed by atoms with van der Waals surface area (Å²) in [6, 6.07) is 16.4. The van der Waals surface area contributed by atoms with Gasteiger partial charge in [0.2, 0.25) is 0 Å². The number of nitrogen functional groups attached to an aromatic ring is 1. The second-order valence-electron chi connectivity index (χ2n) is 10.5. The standard InChI is InChI=1S/C30H36N6O6.C2HF3O2/c1-5-41-25-16-20(12-15-24(25)42-18(2)17-36(3)4)26(33-21-13-10-19(11-14-21)27(31)32)29(38)35-34-28(37)22-8-6-7-9-23(22)30(39)40;3-2(4,5)1(6)7/h6-16,18,26,33H,5,17H2,1-4H3,(H3,31,32)(H,34,37)(H,35,38)(H,39,40);(H,6,7). The number of rotatable bonds is 13. The lowest BCUT2D eigenvalue weighted by Gasteiger charge is -2.23. The number of aliphatic carboxylic acids is 1. The van der Waals surface area contributed by atoms with Crippen LogP contribution in [0.3, 0.4) is 0 Å². The van der Waals surface area contributed by atoms with Crippen molar-refractivity contribution >= 4 is 35.3 Å². The van der Waals surface area contributed by atoms with Crippen LogP contribution < -0.4 is 31.4 Å². The maximum absolute atomic E-state index is 13.5. The number of hydrogen-bond donors (Lipinski definition) is 7. The van der Waals surface area contributed by atoms with Crippen molar-refractivity contribution in [3.63, 3.8) is 0 Å². The zero-order chi connectivity index (χ0) is 36.9. The number of carboxylic acids is 2. The van der Waals surface area contributed by atoms with Gasteiger partial charge in [0.25, 0.3) is 11.8 Å². The third-order valence-corrected chi connectivity index (χ3v) is 6.26. The predicted molar refractivity (Wildman–Crippen MR) is 173 cm³/mol. The monoisotopic (exact) mass is 690 g/mol. The number of ether oxygens (including phenoxy) is 2. The van der Waals surface area contributed by atoms with Gasteiger partial charge in [-0.05, 0) is 82.0 Å². The third kappa shape index (κ3) is 12.4. The van der Waals surface area contributed by atoms with Gasteiger partial charge in [-0.1, -0.05) is 18.2 Å². The number of carboxylic acid groups (broad SMARTS) is 2. The van der Waals surface area contributed by atoms with E-state index in [1.165, 1.54) is 24.3 Å². The number of hydrogen-bond acceptors (Lipinski definition) is 9. The fourth-order valence-corrected chi connectivity index (χ4v) is 4.18. The van der Waals surface area contributed by atoms with Crippen LogP contribution in [0.1, 0.15) is 51.7 Å². The van der Waals surface area contributed by atoms with E-state index in [-0.39, 0.29) is 23.1 Å². The Balaban J connectivity index is 0.00000107. The summed E-state index contributed by atoms with van der Waals surface area (Å²) in [5, 5.41) is 27.3. The van der Waals surface area contributed by atoms with Crippen LogP contribution in [0.15, 0.2) is 66.7 Å². The molecule has 3 rings (SSSR count). The first-order valence-electron chi connectivity index (χ1n) is 14.5. The summed E-state index contributed by atoms with van der Waals surface area (Å²) in [5.74, 6) is -4.60. The number of aromatic carboxylic acids is 1. The Hall–Kier alpha value is -5.84. The molecule has 0 saturated carbocycles. The Labute approximate surface area is 279 Å². The first-order valence-corrected chi connectivity index (χ1v) is 14.5. The van der Waals surface area contributed by atoms with Crippen LogP contribution in [0.4, 0.5) is 18.9 Å². The Morgan fingerprint density at radius 2 is 1.53 bits per heavy atom. The number of carbonyl (C=O) groups is 4. The largest absolute Gasteiger partial charge is 0.490 e. The quantitative estimate of drug-likeness (QED) is 0.0781. The highest BCUT2D eigenvalue weighted by Crippen LogP contribution is 2.33. The number of nitrogens with zero attached hydrogens (tertiary/aromatic N) is 1. The molecule has 0 aromatic heterocycles. The molecule has 2 amide bonds. The molecule has 0 spiro atoms. The molecule has 0 aliphatic rings. The second kappa shape index (κ2) is 17.9. The van der Waals surface area contributed by atoms with Gasteiger partial charge in [-0.2, -0.15) is 13.2 Å². The average Bonchev–Trinajstić information content (AvgIpc) is 3.03. The number of hydrazine groups is 1. The van der Waals surface area contributed by atoms with Crippen molar-refractivity contribution in [1.82, 2.24) is 15.8 Å². The summed E-state index contributed by atoms with van der Waals surface area (Å²) in [7, 11) is 3.90. The fraction of sp³-hybridized carbons (Fsp3) is 0.281. The molecule has 49 heavy (non-hydrogen) atoms. The number of nitrogens with two attached hydrogens (primary N) is 1. The van der Waals surface area contributed by atoms with E-state index in [9.17, 15) is 32.7 Å². The SMILES string of the molecule is CCOc1cc(C(Nc2ccc(C(=N)N)cc2)C(=O)NNC(=O)c2ccccc2C(=O)O)ccc1OC(C)CN(C)C.O=C(O)C(F)(F)F. The first-order chi connectivity index (χ1) is 22.9. The number of carbonyl (C=O) groups excluding carboxylic acids is 2. The van der Waals surface area contributed by atoms with Gasteiger partial charge >= 0.3 is 18.1 Å². The highest BCUT2D eigenvalue weighted by molar-refractivity contribution is 6.05. The lowest BCUT2D eigenvalue weighted by atomic mass is 10.0. The average molecular weight is 691 g/mol. The Bertz CT molecular complexity index is 1630.